The van der Waals surface area contributed by atoms with Gasteiger partial charge in [0.25, 0.3) is 5.91 Å². The zero-order valence-corrected chi connectivity index (χ0v) is 11.7. The Morgan fingerprint density at radius 3 is 2.75 bits per heavy atom. The van der Waals surface area contributed by atoms with E-state index in [2.05, 4.69) is 12.2 Å². The van der Waals surface area contributed by atoms with Crippen molar-refractivity contribution < 1.29 is 14.3 Å². The number of nitrogens with one attached hydrogen (secondary N) is 1. The fraction of sp³-hybridized carbons (Fsp3) is 0.533. The second-order valence-electron chi connectivity index (χ2n) is 5.78. The van der Waals surface area contributed by atoms with Crippen LogP contribution in [0.4, 0.5) is 10.1 Å². The minimum absolute atomic E-state index is 0.110. The zero-order valence-electron chi connectivity index (χ0n) is 11.7. The van der Waals surface area contributed by atoms with Crippen LogP contribution in [0.5, 0.6) is 0 Å². The van der Waals surface area contributed by atoms with Gasteiger partial charge in [-0.25, -0.2) is 4.39 Å². The Morgan fingerprint density at radius 1 is 1.50 bits per heavy atom. The van der Waals surface area contributed by atoms with E-state index in [0.717, 1.165) is 25.7 Å². The van der Waals surface area contributed by atoms with Crippen molar-refractivity contribution in [2.24, 2.45) is 5.92 Å². The number of aliphatic hydroxyl groups excluding tert-OH is 1. The van der Waals surface area contributed by atoms with E-state index in [-0.39, 0.29) is 17.9 Å². The zero-order chi connectivity index (χ0) is 14.8. The van der Waals surface area contributed by atoms with E-state index >= 15 is 0 Å². The highest BCUT2D eigenvalue weighted by molar-refractivity contribution is 5.99. The molecule has 110 valence electrons. The molecule has 1 saturated carbocycles. The largest absolute Gasteiger partial charge is 0.396 e. The summed E-state index contributed by atoms with van der Waals surface area (Å²) in [4.78, 5) is 12.3. The molecule has 0 aliphatic heterocycles. The monoisotopic (exact) mass is 280 g/mol. The normalized spacial score (nSPS) is 26.2. The summed E-state index contributed by atoms with van der Waals surface area (Å²) < 4.78 is 13.4. The summed E-state index contributed by atoms with van der Waals surface area (Å²) in [6.07, 6.45) is 3.37. The number of carbonyl (C=O) groups excluding carboxylic acids is 1. The Hall–Kier alpha value is -1.62. The smallest absolute Gasteiger partial charge is 0.253 e. The fourth-order valence-electron chi connectivity index (χ4n) is 2.68. The van der Waals surface area contributed by atoms with Gasteiger partial charge in [0, 0.05) is 0 Å². The molecule has 1 aromatic rings. The highest BCUT2D eigenvalue weighted by Gasteiger charge is 2.35. The van der Waals surface area contributed by atoms with Crippen LogP contribution in [0.25, 0.3) is 0 Å². The van der Waals surface area contributed by atoms with Crippen LogP contribution < -0.4 is 11.1 Å². The van der Waals surface area contributed by atoms with Crippen LogP contribution >= 0.6 is 0 Å². The average molecular weight is 280 g/mol. The summed E-state index contributed by atoms with van der Waals surface area (Å²) in [5, 5.41) is 12.5. The molecule has 0 heterocycles. The van der Waals surface area contributed by atoms with Gasteiger partial charge in [-0.2, -0.15) is 0 Å². The van der Waals surface area contributed by atoms with Crippen LogP contribution in [-0.2, 0) is 0 Å². The van der Waals surface area contributed by atoms with Gasteiger partial charge in [-0.1, -0.05) is 13.0 Å². The first-order valence-electron chi connectivity index (χ1n) is 6.95. The van der Waals surface area contributed by atoms with Crippen molar-refractivity contribution in [3.05, 3.63) is 29.6 Å². The molecule has 0 spiro atoms. The second kappa shape index (κ2) is 5.79. The molecule has 4 nitrogen and oxygen atoms in total. The van der Waals surface area contributed by atoms with Gasteiger partial charge in [0.2, 0.25) is 0 Å². The summed E-state index contributed by atoms with van der Waals surface area (Å²) in [6, 6.07) is 4.16. The van der Waals surface area contributed by atoms with Crippen molar-refractivity contribution in [1.29, 1.82) is 0 Å². The third-order valence-corrected chi connectivity index (χ3v) is 4.21. The number of rotatable bonds is 3. The Kier molecular flexibility index (Phi) is 4.28. The van der Waals surface area contributed by atoms with Crippen LogP contribution in [0.3, 0.4) is 0 Å². The molecular formula is C15H21FN2O2. The van der Waals surface area contributed by atoms with E-state index in [0.29, 0.717) is 5.92 Å². The number of nitrogen functional groups attached to an aromatic ring is 1. The van der Waals surface area contributed by atoms with Crippen molar-refractivity contribution in [2.45, 2.75) is 38.1 Å². The van der Waals surface area contributed by atoms with Crippen LogP contribution in [0.2, 0.25) is 0 Å². The lowest BCUT2D eigenvalue weighted by atomic mass is 9.77. The summed E-state index contributed by atoms with van der Waals surface area (Å²) in [7, 11) is 0. The van der Waals surface area contributed by atoms with Gasteiger partial charge in [-0.15, -0.1) is 0 Å². The molecule has 0 unspecified atom stereocenters. The fourth-order valence-corrected chi connectivity index (χ4v) is 2.68. The maximum Gasteiger partial charge on any atom is 0.253 e. The van der Waals surface area contributed by atoms with E-state index in [1.807, 2.05) is 0 Å². The molecule has 0 aromatic heterocycles. The van der Waals surface area contributed by atoms with Gasteiger partial charge in [-0.05, 0) is 43.7 Å². The predicted octanol–water partition coefficient (Wildman–Crippen LogP) is 2.08. The highest BCUT2D eigenvalue weighted by Crippen LogP contribution is 2.32. The molecule has 0 saturated heterocycles. The number of hydrogen-bond acceptors (Lipinski definition) is 3. The molecule has 0 atom stereocenters. The first-order valence-corrected chi connectivity index (χ1v) is 6.95. The van der Waals surface area contributed by atoms with Gasteiger partial charge in [0.15, 0.2) is 0 Å². The molecule has 0 bridgehead atoms. The maximum atomic E-state index is 13.4. The molecule has 1 aliphatic carbocycles. The molecule has 1 aliphatic rings. The van der Waals surface area contributed by atoms with Crippen molar-refractivity contribution in [1.82, 2.24) is 5.32 Å². The summed E-state index contributed by atoms with van der Waals surface area (Å²) in [5.41, 5.74) is 4.96. The summed E-state index contributed by atoms with van der Waals surface area (Å²) in [5.74, 6) is -0.426. The third-order valence-electron chi connectivity index (χ3n) is 4.21. The lowest BCUT2D eigenvalue weighted by Crippen LogP contribution is -2.53. The molecule has 0 radical (unpaired) electrons. The number of benzene rings is 1. The van der Waals surface area contributed by atoms with Crippen molar-refractivity contribution in [2.75, 3.05) is 12.3 Å². The maximum absolute atomic E-state index is 13.4. The van der Waals surface area contributed by atoms with Crippen LogP contribution in [0.1, 0.15) is 43.0 Å². The number of aliphatic hydroxyl groups is 1. The number of hydrogen-bond donors (Lipinski definition) is 3. The molecule has 20 heavy (non-hydrogen) atoms. The first-order chi connectivity index (χ1) is 9.47. The van der Waals surface area contributed by atoms with E-state index in [4.69, 9.17) is 5.73 Å². The second-order valence-corrected chi connectivity index (χ2v) is 5.78. The minimum Gasteiger partial charge on any atom is -0.396 e. The molecular weight excluding hydrogens is 259 g/mol. The van der Waals surface area contributed by atoms with Crippen molar-refractivity contribution in [3.8, 4) is 0 Å². The number of carbonyl (C=O) groups is 1. The third kappa shape index (κ3) is 2.93. The SMILES string of the molecule is CC1CCC(CO)(NC(=O)c2cccc(F)c2N)CC1. The van der Waals surface area contributed by atoms with Gasteiger partial charge in [-0.3, -0.25) is 4.79 Å². The first kappa shape index (κ1) is 14.8. The number of halogens is 1. The molecule has 2 rings (SSSR count). The highest BCUT2D eigenvalue weighted by atomic mass is 19.1. The van der Waals surface area contributed by atoms with Crippen LogP contribution in [-0.4, -0.2) is 23.2 Å². The van der Waals surface area contributed by atoms with Gasteiger partial charge in [0.05, 0.1) is 23.4 Å². The average Bonchev–Trinajstić information content (AvgIpc) is 2.44. The topological polar surface area (TPSA) is 75.3 Å². The van der Waals surface area contributed by atoms with E-state index in [9.17, 15) is 14.3 Å². The number of amides is 1. The van der Waals surface area contributed by atoms with Crippen LogP contribution in [0, 0.1) is 11.7 Å². The Bertz CT molecular complexity index is 497. The lowest BCUT2D eigenvalue weighted by molar-refractivity contribution is 0.0717. The summed E-state index contributed by atoms with van der Waals surface area (Å²) >= 11 is 0. The molecule has 1 fully saturated rings. The van der Waals surface area contributed by atoms with Gasteiger partial charge in [0.1, 0.15) is 5.82 Å². The Balaban J connectivity index is 2.15. The Labute approximate surface area is 118 Å². The number of nitrogens with two attached hydrogens (primary N) is 1. The summed E-state index contributed by atoms with van der Waals surface area (Å²) in [6.45, 7) is 2.05. The van der Waals surface area contributed by atoms with Gasteiger partial charge >= 0.3 is 0 Å². The van der Waals surface area contributed by atoms with Gasteiger partial charge < -0.3 is 16.2 Å². The minimum atomic E-state index is -0.609. The van der Waals surface area contributed by atoms with E-state index in [1.54, 1.807) is 0 Å². The molecule has 1 amide bonds. The molecule has 1 aromatic carbocycles. The standard InChI is InChI=1S/C15H21FN2O2/c1-10-5-7-15(9-19,8-6-10)18-14(20)11-3-2-4-12(16)13(11)17/h2-4,10,19H,5-9,17H2,1H3,(H,18,20). The molecule has 4 N–H and O–H groups in total. The quantitative estimate of drug-likeness (QED) is 0.742. The number of anilines is 1. The van der Waals surface area contributed by atoms with E-state index in [1.165, 1.54) is 18.2 Å². The Morgan fingerprint density at radius 2 is 2.15 bits per heavy atom. The van der Waals surface area contributed by atoms with Crippen molar-refractivity contribution >= 4 is 11.6 Å². The van der Waals surface area contributed by atoms with E-state index < -0.39 is 17.3 Å². The molecule has 5 heteroatoms. The van der Waals surface area contributed by atoms with Crippen molar-refractivity contribution in [3.63, 3.8) is 0 Å². The lowest BCUT2D eigenvalue weighted by Gasteiger charge is -2.38. The number of para-hydroxylation sites is 1. The predicted molar refractivity (Wildman–Crippen MR) is 75.7 cm³/mol. The van der Waals surface area contributed by atoms with Crippen LogP contribution in [0.15, 0.2) is 18.2 Å².